The van der Waals surface area contributed by atoms with Crippen LogP contribution in [0.5, 0.6) is 5.75 Å². The number of nitrogens with zero attached hydrogens (tertiary/aromatic N) is 2. The second kappa shape index (κ2) is 4.61. The number of pyridine rings is 1. The molecule has 0 aliphatic carbocycles. The quantitative estimate of drug-likeness (QED) is 0.487. The second-order valence-electron chi connectivity index (χ2n) is 3.26. The van der Waals surface area contributed by atoms with Gasteiger partial charge >= 0.3 is 0 Å². The molecule has 1 aromatic heterocycles. The van der Waals surface area contributed by atoms with Crippen LogP contribution in [0.4, 0.5) is 0 Å². The van der Waals surface area contributed by atoms with Crippen LogP contribution < -0.4 is 4.74 Å². The van der Waals surface area contributed by atoms with E-state index in [-0.39, 0.29) is 0 Å². The van der Waals surface area contributed by atoms with Crippen LogP contribution in [-0.2, 0) is 0 Å². The smallest absolute Gasteiger partial charge is 0.119 e. The van der Waals surface area contributed by atoms with E-state index in [1.165, 1.54) is 6.21 Å². The summed E-state index contributed by atoms with van der Waals surface area (Å²) >= 11 is 0. The van der Waals surface area contributed by atoms with Crippen LogP contribution in [0.3, 0.4) is 0 Å². The summed E-state index contributed by atoms with van der Waals surface area (Å²) in [5, 5.41) is 13.5. The zero-order valence-corrected chi connectivity index (χ0v) is 8.92. The fourth-order valence-corrected chi connectivity index (χ4v) is 1.59. The molecule has 0 bridgehead atoms. The maximum absolute atomic E-state index is 8.52. The molecule has 2 aromatic rings. The third-order valence-electron chi connectivity index (χ3n) is 2.26. The van der Waals surface area contributed by atoms with E-state index in [0.29, 0.717) is 12.3 Å². The highest BCUT2D eigenvalue weighted by atomic mass is 16.5. The Balaban J connectivity index is 2.54. The number of rotatable bonds is 3. The van der Waals surface area contributed by atoms with Crippen molar-refractivity contribution in [3.8, 4) is 5.75 Å². The summed E-state index contributed by atoms with van der Waals surface area (Å²) in [5.41, 5.74) is 0.642. The third kappa shape index (κ3) is 1.95. The molecule has 0 radical (unpaired) electrons. The average Bonchev–Trinajstić information content (AvgIpc) is 2.30. The fraction of sp³-hybridized carbons (Fsp3) is 0.167. The first-order valence-corrected chi connectivity index (χ1v) is 5.04. The van der Waals surface area contributed by atoms with Gasteiger partial charge in [-0.1, -0.05) is 5.16 Å². The summed E-state index contributed by atoms with van der Waals surface area (Å²) in [5.74, 6) is 0.827. The minimum atomic E-state index is 0.640. The molecule has 0 fully saturated rings. The molecule has 0 unspecified atom stereocenters. The van der Waals surface area contributed by atoms with Crippen LogP contribution in [0.15, 0.2) is 35.6 Å². The Bertz CT molecular complexity index is 523. The molecule has 0 amide bonds. The second-order valence-corrected chi connectivity index (χ2v) is 3.26. The van der Waals surface area contributed by atoms with E-state index in [2.05, 4.69) is 10.1 Å². The van der Waals surface area contributed by atoms with Crippen LogP contribution in [0.2, 0.25) is 0 Å². The van der Waals surface area contributed by atoms with Crippen molar-refractivity contribution in [1.29, 1.82) is 0 Å². The number of hydrogen-bond acceptors (Lipinski definition) is 4. The lowest BCUT2D eigenvalue weighted by molar-refractivity contribution is 0.321. The summed E-state index contributed by atoms with van der Waals surface area (Å²) in [7, 11) is 0. The molecule has 1 N–H and O–H groups in total. The van der Waals surface area contributed by atoms with Gasteiger partial charge in [0.15, 0.2) is 0 Å². The summed E-state index contributed by atoms with van der Waals surface area (Å²) < 4.78 is 5.41. The van der Waals surface area contributed by atoms with Crippen LogP contribution >= 0.6 is 0 Å². The van der Waals surface area contributed by atoms with Gasteiger partial charge in [-0.3, -0.25) is 4.98 Å². The average molecular weight is 216 g/mol. The largest absolute Gasteiger partial charge is 0.494 e. The molecule has 16 heavy (non-hydrogen) atoms. The Kier molecular flexibility index (Phi) is 3.00. The predicted molar refractivity (Wildman–Crippen MR) is 62.3 cm³/mol. The first kappa shape index (κ1) is 10.4. The van der Waals surface area contributed by atoms with Crippen LogP contribution in [0.25, 0.3) is 10.8 Å². The van der Waals surface area contributed by atoms with Crippen molar-refractivity contribution < 1.29 is 9.94 Å². The monoisotopic (exact) mass is 216 g/mol. The molecule has 82 valence electrons. The highest BCUT2D eigenvalue weighted by Crippen LogP contribution is 2.21. The van der Waals surface area contributed by atoms with E-state index < -0.39 is 0 Å². The number of ether oxygens (including phenoxy) is 1. The minimum absolute atomic E-state index is 0.640. The third-order valence-corrected chi connectivity index (χ3v) is 2.26. The van der Waals surface area contributed by atoms with Gasteiger partial charge in [0.2, 0.25) is 0 Å². The Labute approximate surface area is 93.2 Å². The number of benzene rings is 1. The van der Waals surface area contributed by atoms with Crippen molar-refractivity contribution in [2.24, 2.45) is 5.16 Å². The highest BCUT2D eigenvalue weighted by molar-refractivity contribution is 5.98. The lowest BCUT2D eigenvalue weighted by atomic mass is 10.1. The molecule has 0 aliphatic heterocycles. The van der Waals surface area contributed by atoms with Crippen molar-refractivity contribution in [2.75, 3.05) is 6.61 Å². The van der Waals surface area contributed by atoms with Crippen molar-refractivity contribution in [2.45, 2.75) is 6.92 Å². The Morgan fingerprint density at radius 3 is 3.06 bits per heavy atom. The first-order valence-electron chi connectivity index (χ1n) is 5.04. The van der Waals surface area contributed by atoms with Gasteiger partial charge in [-0.2, -0.15) is 0 Å². The zero-order valence-electron chi connectivity index (χ0n) is 8.92. The molecule has 1 aromatic carbocycles. The molecule has 2 rings (SSSR count). The number of aromatic nitrogens is 1. The van der Waals surface area contributed by atoms with Gasteiger partial charge in [0.05, 0.1) is 18.5 Å². The number of fused-ring (bicyclic) bond motifs is 1. The normalized spacial score (nSPS) is 11.1. The first-order chi connectivity index (χ1) is 7.85. The number of hydrogen-bond donors (Lipinski definition) is 1. The van der Waals surface area contributed by atoms with Gasteiger partial charge in [-0.25, -0.2) is 0 Å². The molecule has 4 heteroatoms. The van der Waals surface area contributed by atoms with E-state index in [0.717, 1.165) is 16.5 Å². The van der Waals surface area contributed by atoms with Crippen molar-refractivity contribution in [3.63, 3.8) is 0 Å². The molecule has 0 spiro atoms. The molecular weight excluding hydrogens is 204 g/mol. The van der Waals surface area contributed by atoms with Gasteiger partial charge in [-0.05, 0) is 36.6 Å². The van der Waals surface area contributed by atoms with Gasteiger partial charge < -0.3 is 9.94 Å². The molecule has 4 nitrogen and oxygen atoms in total. The van der Waals surface area contributed by atoms with E-state index in [1.54, 1.807) is 6.20 Å². The van der Waals surface area contributed by atoms with Crippen LogP contribution in [0.1, 0.15) is 12.6 Å². The highest BCUT2D eigenvalue weighted by Gasteiger charge is 2.01. The van der Waals surface area contributed by atoms with E-state index in [1.807, 2.05) is 31.2 Å². The Morgan fingerprint density at radius 1 is 1.44 bits per heavy atom. The van der Waals surface area contributed by atoms with Crippen LogP contribution in [0, 0.1) is 0 Å². The van der Waals surface area contributed by atoms with Crippen molar-refractivity contribution >= 4 is 17.0 Å². The van der Waals surface area contributed by atoms with Gasteiger partial charge in [0, 0.05) is 11.6 Å². The zero-order chi connectivity index (χ0) is 11.4. The molecule has 0 atom stereocenters. The number of oxime groups is 1. The SMILES string of the molecule is CCOc1ccc2c(C=NO)nccc2c1. The molecule has 0 saturated carbocycles. The maximum Gasteiger partial charge on any atom is 0.119 e. The van der Waals surface area contributed by atoms with Gasteiger partial charge in [0.1, 0.15) is 5.75 Å². The standard InChI is InChI=1S/C12H12N2O2/c1-2-16-10-3-4-11-9(7-10)5-6-13-12(11)8-14-15/h3-8,15H,2H2,1H3. The summed E-state index contributed by atoms with van der Waals surface area (Å²) in [6.45, 7) is 2.59. The molecule has 0 aliphatic rings. The molecule has 1 heterocycles. The summed E-state index contributed by atoms with van der Waals surface area (Å²) in [6, 6.07) is 7.62. The minimum Gasteiger partial charge on any atom is -0.494 e. The van der Waals surface area contributed by atoms with E-state index in [4.69, 9.17) is 9.94 Å². The predicted octanol–water partition coefficient (Wildman–Crippen LogP) is 2.44. The fourth-order valence-electron chi connectivity index (χ4n) is 1.59. The van der Waals surface area contributed by atoms with Crippen molar-refractivity contribution in [3.05, 3.63) is 36.2 Å². The molecular formula is C12H12N2O2. The van der Waals surface area contributed by atoms with Crippen molar-refractivity contribution in [1.82, 2.24) is 4.98 Å². The van der Waals surface area contributed by atoms with Gasteiger partial charge in [0.25, 0.3) is 0 Å². The topological polar surface area (TPSA) is 54.7 Å². The Hall–Kier alpha value is -2.10. The lowest BCUT2D eigenvalue weighted by Crippen LogP contribution is -1.93. The lowest BCUT2D eigenvalue weighted by Gasteiger charge is -2.05. The summed E-state index contributed by atoms with van der Waals surface area (Å²) in [6.07, 6.45) is 3.00. The Morgan fingerprint density at radius 2 is 2.31 bits per heavy atom. The summed E-state index contributed by atoms with van der Waals surface area (Å²) in [4.78, 5) is 4.12. The van der Waals surface area contributed by atoms with E-state index >= 15 is 0 Å². The van der Waals surface area contributed by atoms with Gasteiger partial charge in [-0.15, -0.1) is 0 Å². The van der Waals surface area contributed by atoms with Crippen LogP contribution in [-0.4, -0.2) is 23.0 Å². The molecule has 0 saturated heterocycles. The maximum atomic E-state index is 8.52. The van der Waals surface area contributed by atoms with E-state index in [9.17, 15) is 0 Å².